The van der Waals surface area contributed by atoms with Crippen LogP contribution in [0, 0.1) is 0 Å². The SMILES string of the molecule is CN=C(NCc1cccc(C(=O)NCc2ccco2)c1)NCc1ccc(OC)cc1OC.I. The number of carbonyl (C=O) groups excluding carboxylic acids is 1. The molecule has 176 valence electrons. The van der Waals surface area contributed by atoms with Gasteiger partial charge in [0.15, 0.2) is 5.96 Å². The van der Waals surface area contributed by atoms with Crippen LogP contribution in [0.4, 0.5) is 0 Å². The van der Waals surface area contributed by atoms with E-state index in [0.717, 1.165) is 22.6 Å². The van der Waals surface area contributed by atoms with E-state index in [1.165, 1.54) is 0 Å². The molecule has 0 aliphatic carbocycles. The maximum Gasteiger partial charge on any atom is 0.251 e. The number of rotatable bonds is 9. The van der Waals surface area contributed by atoms with E-state index in [4.69, 9.17) is 13.9 Å². The van der Waals surface area contributed by atoms with Gasteiger partial charge in [-0.05, 0) is 42.0 Å². The van der Waals surface area contributed by atoms with Crippen LogP contribution >= 0.6 is 24.0 Å². The molecule has 0 fully saturated rings. The Morgan fingerprint density at radius 1 is 0.939 bits per heavy atom. The number of hydrogen-bond donors (Lipinski definition) is 3. The summed E-state index contributed by atoms with van der Waals surface area (Å²) >= 11 is 0. The van der Waals surface area contributed by atoms with Gasteiger partial charge in [-0.25, -0.2) is 0 Å². The molecule has 0 saturated carbocycles. The van der Waals surface area contributed by atoms with Crippen LogP contribution in [0.25, 0.3) is 0 Å². The second-order valence-electron chi connectivity index (χ2n) is 6.92. The number of carbonyl (C=O) groups is 1. The summed E-state index contributed by atoms with van der Waals surface area (Å²) in [5, 5.41) is 9.39. The first-order chi connectivity index (χ1) is 15.6. The zero-order valence-corrected chi connectivity index (χ0v) is 21.2. The van der Waals surface area contributed by atoms with E-state index in [2.05, 4.69) is 20.9 Å². The number of nitrogens with one attached hydrogen (secondary N) is 3. The first-order valence-corrected chi connectivity index (χ1v) is 10.2. The van der Waals surface area contributed by atoms with Gasteiger partial charge in [0.2, 0.25) is 0 Å². The van der Waals surface area contributed by atoms with E-state index < -0.39 is 0 Å². The quantitative estimate of drug-likeness (QED) is 0.208. The van der Waals surface area contributed by atoms with Crippen LogP contribution in [-0.4, -0.2) is 33.1 Å². The summed E-state index contributed by atoms with van der Waals surface area (Å²) < 4.78 is 15.9. The second-order valence-corrected chi connectivity index (χ2v) is 6.92. The smallest absolute Gasteiger partial charge is 0.251 e. The number of furan rings is 1. The largest absolute Gasteiger partial charge is 0.497 e. The highest BCUT2D eigenvalue weighted by molar-refractivity contribution is 14.0. The predicted molar refractivity (Wildman–Crippen MR) is 138 cm³/mol. The molecule has 0 radical (unpaired) electrons. The molecule has 33 heavy (non-hydrogen) atoms. The van der Waals surface area contributed by atoms with Gasteiger partial charge in [-0.2, -0.15) is 0 Å². The van der Waals surface area contributed by atoms with Gasteiger partial charge >= 0.3 is 0 Å². The minimum Gasteiger partial charge on any atom is -0.497 e. The Bertz CT molecular complexity index is 1050. The van der Waals surface area contributed by atoms with Crippen LogP contribution in [0.3, 0.4) is 0 Å². The van der Waals surface area contributed by atoms with Crippen molar-refractivity contribution in [3.63, 3.8) is 0 Å². The van der Waals surface area contributed by atoms with Crippen LogP contribution in [0.1, 0.15) is 27.2 Å². The molecule has 2 aromatic carbocycles. The molecular formula is C24H29IN4O4. The first-order valence-electron chi connectivity index (χ1n) is 10.2. The fourth-order valence-corrected chi connectivity index (χ4v) is 3.09. The van der Waals surface area contributed by atoms with Crippen LogP contribution in [0.2, 0.25) is 0 Å². The fourth-order valence-electron chi connectivity index (χ4n) is 3.09. The molecule has 0 aliphatic rings. The monoisotopic (exact) mass is 564 g/mol. The Morgan fingerprint density at radius 3 is 2.45 bits per heavy atom. The normalized spacial score (nSPS) is 10.7. The fraction of sp³-hybridized carbons (Fsp3) is 0.250. The average Bonchev–Trinajstić information content (AvgIpc) is 3.36. The third-order valence-corrected chi connectivity index (χ3v) is 4.82. The minimum atomic E-state index is -0.155. The van der Waals surface area contributed by atoms with Crippen molar-refractivity contribution >= 4 is 35.8 Å². The van der Waals surface area contributed by atoms with Crippen LogP contribution in [0.5, 0.6) is 11.5 Å². The Hall–Kier alpha value is -3.21. The maximum atomic E-state index is 12.4. The van der Waals surface area contributed by atoms with E-state index in [1.807, 2.05) is 42.5 Å². The van der Waals surface area contributed by atoms with E-state index in [1.54, 1.807) is 39.7 Å². The van der Waals surface area contributed by atoms with Crippen molar-refractivity contribution in [1.82, 2.24) is 16.0 Å². The highest BCUT2D eigenvalue weighted by atomic mass is 127. The summed E-state index contributed by atoms with van der Waals surface area (Å²) in [4.78, 5) is 16.7. The van der Waals surface area contributed by atoms with Crippen molar-refractivity contribution in [2.75, 3.05) is 21.3 Å². The molecule has 0 bridgehead atoms. The van der Waals surface area contributed by atoms with E-state index in [0.29, 0.717) is 36.9 Å². The summed E-state index contributed by atoms with van der Waals surface area (Å²) in [7, 11) is 4.96. The van der Waals surface area contributed by atoms with E-state index in [9.17, 15) is 4.79 Å². The number of nitrogens with zero attached hydrogens (tertiary/aromatic N) is 1. The highest BCUT2D eigenvalue weighted by Crippen LogP contribution is 2.24. The molecule has 0 atom stereocenters. The van der Waals surface area contributed by atoms with Gasteiger partial charge in [0.25, 0.3) is 5.91 Å². The van der Waals surface area contributed by atoms with Crippen LogP contribution in [0.15, 0.2) is 70.3 Å². The lowest BCUT2D eigenvalue weighted by molar-refractivity contribution is 0.0948. The molecule has 0 spiro atoms. The van der Waals surface area contributed by atoms with Gasteiger partial charge in [0, 0.05) is 37.3 Å². The van der Waals surface area contributed by atoms with Gasteiger partial charge in [-0.15, -0.1) is 24.0 Å². The number of aliphatic imine (C=N–C) groups is 1. The molecule has 3 aromatic rings. The Morgan fingerprint density at radius 2 is 1.76 bits per heavy atom. The second kappa shape index (κ2) is 13.4. The number of benzene rings is 2. The lowest BCUT2D eigenvalue weighted by Gasteiger charge is -2.15. The summed E-state index contributed by atoms with van der Waals surface area (Å²) in [5.74, 6) is 2.66. The van der Waals surface area contributed by atoms with Crippen molar-refractivity contribution in [2.45, 2.75) is 19.6 Å². The Kier molecular flexibility index (Phi) is 10.5. The summed E-state index contributed by atoms with van der Waals surface area (Å²) in [6.45, 7) is 1.39. The zero-order chi connectivity index (χ0) is 22.8. The molecule has 9 heteroatoms. The minimum absolute atomic E-state index is 0. The number of halogens is 1. The molecule has 0 aliphatic heterocycles. The Labute approximate surface area is 210 Å². The van der Waals surface area contributed by atoms with Crippen molar-refractivity contribution in [3.05, 3.63) is 83.3 Å². The number of amides is 1. The van der Waals surface area contributed by atoms with Crippen molar-refractivity contribution < 1.29 is 18.7 Å². The van der Waals surface area contributed by atoms with Gasteiger partial charge in [0.05, 0.1) is 27.0 Å². The van der Waals surface area contributed by atoms with Gasteiger partial charge in [0.1, 0.15) is 17.3 Å². The van der Waals surface area contributed by atoms with E-state index >= 15 is 0 Å². The molecule has 1 aromatic heterocycles. The van der Waals surface area contributed by atoms with Gasteiger partial charge < -0.3 is 29.8 Å². The number of methoxy groups -OCH3 is 2. The van der Waals surface area contributed by atoms with E-state index in [-0.39, 0.29) is 29.9 Å². The van der Waals surface area contributed by atoms with Crippen molar-refractivity contribution in [3.8, 4) is 11.5 Å². The van der Waals surface area contributed by atoms with Crippen molar-refractivity contribution in [2.24, 2.45) is 4.99 Å². The maximum absolute atomic E-state index is 12.4. The number of hydrogen-bond acceptors (Lipinski definition) is 5. The third kappa shape index (κ3) is 7.70. The summed E-state index contributed by atoms with van der Waals surface area (Å²) in [5.41, 5.74) is 2.52. The molecule has 1 heterocycles. The molecule has 3 N–H and O–H groups in total. The van der Waals surface area contributed by atoms with Crippen LogP contribution < -0.4 is 25.4 Å². The van der Waals surface area contributed by atoms with Gasteiger partial charge in [-0.1, -0.05) is 12.1 Å². The summed E-state index contributed by atoms with van der Waals surface area (Å²) in [6, 6.07) is 16.7. The molecule has 0 saturated heterocycles. The third-order valence-electron chi connectivity index (χ3n) is 4.82. The topological polar surface area (TPSA) is 97.1 Å². The average molecular weight is 564 g/mol. The first kappa shape index (κ1) is 26.0. The molecular weight excluding hydrogens is 535 g/mol. The lowest BCUT2D eigenvalue weighted by atomic mass is 10.1. The summed E-state index contributed by atoms with van der Waals surface area (Å²) in [6.07, 6.45) is 1.58. The highest BCUT2D eigenvalue weighted by Gasteiger charge is 2.09. The number of guanidine groups is 1. The van der Waals surface area contributed by atoms with Crippen LogP contribution in [-0.2, 0) is 19.6 Å². The van der Waals surface area contributed by atoms with Gasteiger partial charge in [-0.3, -0.25) is 9.79 Å². The standard InChI is InChI=1S/C24H28N4O4.HI/c1-25-24(28-15-19-9-10-20(30-2)13-22(19)31-3)27-14-17-6-4-7-18(12-17)23(29)26-16-21-8-5-11-32-21;/h4-13H,14-16H2,1-3H3,(H,26,29)(H2,25,27,28);1H. The van der Waals surface area contributed by atoms with Crippen molar-refractivity contribution in [1.29, 1.82) is 0 Å². The zero-order valence-electron chi connectivity index (χ0n) is 18.9. The molecule has 8 nitrogen and oxygen atoms in total. The molecule has 1 amide bonds. The number of ether oxygens (including phenoxy) is 2. The lowest BCUT2D eigenvalue weighted by Crippen LogP contribution is -2.36. The Balaban J connectivity index is 0.00000385. The predicted octanol–water partition coefficient (Wildman–Crippen LogP) is 3.71. The molecule has 3 rings (SSSR count). The molecule has 0 unspecified atom stereocenters.